The number of aromatic nitrogens is 1. The maximum Gasteiger partial charge on any atom is 0.0273 e. The van der Waals surface area contributed by atoms with Crippen LogP contribution in [0.2, 0.25) is 0 Å². The van der Waals surface area contributed by atoms with Crippen molar-refractivity contribution in [2.24, 2.45) is 0 Å². The molecule has 1 N–H and O–H groups in total. The minimum atomic E-state index is 0.964. The molecule has 15 heavy (non-hydrogen) atoms. The van der Waals surface area contributed by atoms with E-state index in [2.05, 4.69) is 21.8 Å². The van der Waals surface area contributed by atoms with Gasteiger partial charge in [0.2, 0.25) is 0 Å². The van der Waals surface area contributed by atoms with Crippen LogP contribution >= 0.6 is 0 Å². The molecule has 0 aliphatic carbocycles. The first-order valence-electron chi connectivity index (χ1n) is 5.37. The highest BCUT2D eigenvalue weighted by Crippen LogP contribution is 2.12. The Hall–Kier alpha value is -1.19. The first-order valence-corrected chi connectivity index (χ1v) is 5.37. The molecule has 0 aromatic carbocycles. The maximum atomic E-state index is 4.13. The molecule has 1 aliphatic rings. The number of nitrogens with one attached hydrogen (secondary N) is 1. The van der Waals surface area contributed by atoms with Gasteiger partial charge in [-0.25, -0.2) is 0 Å². The van der Waals surface area contributed by atoms with Gasteiger partial charge in [-0.05, 0) is 23.3 Å². The minimum Gasteiger partial charge on any atom is -0.314 e. The fourth-order valence-corrected chi connectivity index (χ4v) is 1.82. The number of hydrogen-bond donors (Lipinski definition) is 1. The third kappa shape index (κ3) is 2.88. The Morgan fingerprint density at radius 2 is 2.00 bits per heavy atom. The SMILES string of the molecule is C=C(CN1CCNCC1)c1ccncc1. The third-order valence-electron chi connectivity index (χ3n) is 2.71. The molecule has 1 aliphatic heterocycles. The van der Waals surface area contributed by atoms with Gasteiger partial charge >= 0.3 is 0 Å². The highest BCUT2D eigenvalue weighted by Gasteiger charge is 2.10. The van der Waals surface area contributed by atoms with Crippen LogP contribution in [0.25, 0.3) is 5.57 Å². The van der Waals surface area contributed by atoms with Gasteiger partial charge in [0.25, 0.3) is 0 Å². The van der Waals surface area contributed by atoms with Gasteiger partial charge in [0.05, 0.1) is 0 Å². The molecule has 80 valence electrons. The number of hydrogen-bond acceptors (Lipinski definition) is 3. The fourth-order valence-electron chi connectivity index (χ4n) is 1.82. The van der Waals surface area contributed by atoms with E-state index < -0.39 is 0 Å². The van der Waals surface area contributed by atoms with Crippen molar-refractivity contribution in [3.63, 3.8) is 0 Å². The predicted octanol–water partition coefficient (Wildman–Crippen LogP) is 1.000. The largest absolute Gasteiger partial charge is 0.314 e. The van der Waals surface area contributed by atoms with Gasteiger partial charge in [-0.2, -0.15) is 0 Å². The lowest BCUT2D eigenvalue weighted by Crippen LogP contribution is -2.43. The lowest BCUT2D eigenvalue weighted by atomic mass is 10.1. The van der Waals surface area contributed by atoms with E-state index in [9.17, 15) is 0 Å². The van der Waals surface area contributed by atoms with E-state index in [0.29, 0.717) is 0 Å². The predicted molar refractivity (Wildman–Crippen MR) is 62.6 cm³/mol. The molecule has 1 aromatic heterocycles. The van der Waals surface area contributed by atoms with Crippen LogP contribution in [0.1, 0.15) is 5.56 Å². The monoisotopic (exact) mass is 203 g/mol. The van der Waals surface area contributed by atoms with E-state index >= 15 is 0 Å². The van der Waals surface area contributed by atoms with Gasteiger partial charge < -0.3 is 5.32 Å². The molecule has 0 spiro atoms. The summed E-state index contributed by atoms with van der Waals surface area (Å²) in [5.74, 6) is 0. The van der Waals surface area contributed by atoms with Crippen LogP contribution < -0.4 is 5.32 Å². The number of nitrogens with zero attached hydrogens (tertiary/aromatic N) is 2. The van der Waals surface area contributed by atoms with Crippen LogP contribution in [-0.2, 0) is 0 Å². The molecule has 3 nitrogen and oxygen atoms in total. The Balaban J connectivity index is 1.91. The van der Waals surface area contributed by atoms with Crippen molar-refractivity contribution in [1.82, 2.24) is 15.2 Å². The fraction of sp³-hybridized carbons (Fsp3) is 0.417. The van der Waals surface area contributed by atoms with Gasteiger partial charge in [0.1, 0.15) is 0 Å². The molecule has 2 heterocycles. The molecule has 3 heteroatoms. The summed E-state index contributed by atoms with van der Waals surface area (Å²) < 4.78 is 0. The topological polar surface area (TPSA) is 28.2 Å². The molecule has 0 radical (unpaired) electrons. The van der Waals surface area contributed by atoms with Crippen LogP contribution in [0, 0.1) is 0 Å². The molecule has 0 unspecified atom stereocenters. The van der Waals surface area contributed by atoms with Crippen molar-refractivity contribution in [3.8, 4) is 0 Å². The molecule has 0 atom stereocenters. The Labute approximate surface area is 90.8 Å². The lowest BCUT2D eigenvalue weighted by molar-refractivity contribution is 0.268. The summed E-state index contributed by atoms with van der Waals surface area (Å²) >= 11 is 0. The van der Waals surface area contributed by atoms with Crippen molar-refractivity contribution in [2.75, 3.05) is 32.7 Å². The second kappa shape index (κ2) is 5.05. The summed E-state index contributed by atoms with van der Waals surface area (Å²) in [4.78, 5) is 6.44. The van der Waals surface area contributed by atoms with Crippen molar-refractivity contribution in [1.29, 1.82) is 0 Å². The summed E-state index contributed by atoms with van der Waals surface area (Å²) in [5.41, 5.74) is 2.38. The highest BCUT2D eigenvalue weighted by atomic mass is 15.2. The average Bonchev–Trinajstić information content (AvgIpc) is 2.31. The minimum absolute atomic E-state index is 0.964. The zero-order valence-corrected chi connectivity index (χ0v) is 8.95. The Kier molecular flexibility index (Phi) is 3.48. The first-order chi connectivity index (χ1) is 7.36. The van der Waals surface area contributed by atoms with E-state index in [1.54, 1.807) is 0 Å². The second-order valence-corrected chi connectivity index (χ2v) is 3.87. The van der Waals surface area contributed by atoms with Crippen molar-refractivity contribution >= 4 is 5.57 Å². The smallest absolute Gasteiger partial charge is 0.0273 e. The van der Waals surface area contributed by atoms with Crippen molar-refractivity contribution < 1.29 is 0 Å². The molecule has 0 saturated carbocycles. The van der Waals surface area contributed by atoms with Crippen LogP contribution in [0.3, 0.4) is 0 Å². The van der Waals surface area contributed by atoms with Crippen LogP contribution in [-0.4, -0.2) is 42.6 Å². The maximum absolute atomic E-state index is 4.13. The molecular formula is C12H17N3. The summed E-state index contributed by atoms with van der Waals surface area (Å²) in [6.07, 6.45) is 3.64. The summed E-state index contributed by atoms with van der Waals surface area (Å²) in [6.45, 7) is 9.50. The number of rotatable bonds is 3. The molecule has 2 rings (SSSR count). The van der Waals surface area contributed by atoms with Crippen molar-refractivity contribution in [3.05, 3.63) is 36.7 Å². The lowest BCUT2D eigenvalue weighted by Gasteiger charge is -2.27. The van der Waals surface area contributed by atoms with E-state index in [4.69, 9.17) is 0 Å². The zero-order chi connectivity index (χ0) is 10.5. The van der Waals surface area contributed by atoms with Gasteiger partial charge in [-0.3, -0.25) is 9.88 Å². The Morgan fingerprint density at radius 3 is 2.67 bits per heavy atom. The van der Waals surface area contributed by atoms with Gasteiger partial charge in [0, 0.05) is 45.1 Å². The first kappa shape index (κ1) is 10.3. The van der Waals surface area contributed by atoms with Crippen LogP contribution in [0.15, 0.2) is 31.1 Å². The summed E-state index contributed by atoms with van der Waals surface area (Å²) in [5, 5.41) is 3.35. The van der Waals surface area contributed by atoms with Crippen molar-refractivity contribution in [2.45, 2.75) is 0 Å². The van der Waals surface area contributed by atoms with Gasteiger partial charge in [-0.1, -0.05) is 6.58 Å². The number of pyridine rings is 1. The summed E-state index contributed by atoms with van der Waals surface area (Å²) in [7, 11) is 0. The molecular weight excluding hydrogens is 186 g/mol. The van der Waals surface area contributed by atoms with Gasteiger partial charge in [0.15, 0.2) is 0 Å². The summed E-state index contributed by atoms with van der Waals surface area (Å²) in [6, 6.07) is 4.04. The molecule has 1 fully saturated rings. The normalized spacial score (nSPS) is 17.6. The zero-order valence-electron chi connectivity index (χ0n) is 8.95. The Bertz CT molecular complexity index is 315. The molecule has 0 amide bonds. The highest BCUT2D eigenvalue weighted by molar-refractivity contribution is 5.64. The Morgan fingerprint density at radius 1 is 1.33 bits per heavy atom. The molecule has 0 bridgehead atoms. The van der Waals surface area contributed by atoms with E-state index in [1.807, 2.05) is 24.5 Å². The van der Waals surface area contributed by atoms with Crippen LogP contribution in [0.4, 0.5) is 0 Å². The van der Waals surface area contributed by atoms with Gasteiger partial charge in [-0.15, -0.1) is 0 Å². The third-order valence-corrected chi connectivity index (χ3v) is 2.71. The number of piperazine rings is 1. The average molecular weight is 203 g/mol. The van der Waals surface area contributed by atoms with E-state index in [-0.39, 0.29) is 0 Å². The quantitative estimate of drug-likeness (QED) is 0.794. The second-order valence-electron chi connectivity index (χ2n) is 3.87. The van der Waals surface area contributed by atoms with E-state index in [0.717, 1.165) is 32.7 Å². The molecule has 1 aromatic rings. The van der Waals surface area contributed by atoms with E-state index in [1.165, 1.54) is 11.1 Å². The molecule has 1 saturated heterocycles. The van der Waals surface area contributed by atoms with Crippen LogP contribution in [0.5, 0.6) is 0 Å². The standard InChI is InChI=1S/C12H17N3/c1-11(12-2-4-13-5-3-12)10-15-8-6-14-7-9-15/h2-5,14H,1,6-10H2.